The summed E-state index contributed by atoms with van der Waals surface area (Å²) < 4.78 is 3.10. The second-order valence-corrected chi connectivity index (χ2v) is 3.90. The number of nitrogens with zero attached hydrogens (tertiary/aromatic N) is 2. The van der Waals surface area contributed by atoms with Crippen LogP contribution in [-0.2, 0) is 7.05 Å². The molecule has 0 amide bonds. The van der Waals surface area contributed by atoms with Gasteiger partial charge in [-0.05, 0) is 13.0 Å². The molecule has 12 heavy (non-hydrogen) atoms. The monoisotopic (exact) mass is 188 g/mol. The van der Waals surface area contributed by atoms with Gasteiger partial charge in [-0.25, -0.2) is 0 Å². The van der Waals surface area contributed by atoms with Crippen molar-refractivity contribution in [3.05, 3.63) is 17.8 Å². The topological polar surface area (TPSA) is 4.93 Å². The molecule has 0 N–H and O–H groups in total. The lowest BCUT2D eigenvalue weighted by Gasteiger charge is -2.23. The van der Waals surface area contributed by atoms with Crippen molar-refractivity contribution in [2.24, 2.45) is 7.05 Å². The Hall–Kier alpha value is -0.470. The van der Waals surface area contributed by atoms with Crippen molar-refractivity contribution in [1.82, 2.24) is 9.05 Å². The Morgan fingerprint density at radius 2 is 1.67 bits per heavy atom. The van der Waals surface area contributed by atoms with Crippen molar-refractivity contribution in [1.29, 1.82) is 0 Å². The lowest BCUT2D eigenvalue weighted by molar-refractivity contribution is -0.00000275. The van der Waals surface area contributed by atoms with Gasteiger partial charge in [-0.3, -0.25) is 4.48 Å². The summed E-state index contributed by atoms with van der Waals surface area (Å²) in [6, 6.07) is 4.33. The molecule has 1 rings (SSSR count). The van der Waals surface area contributed by atoms with E-state index in [1.165, 1.54) is 11.5 Å². The number of aryl methyl sites for hydroxylation is 1. The first kappa shape index (κ1) is 11.5. The van der Waals surface area contributed by atoms with Crippen molar-refractivity contribution in [2.75, 3.05) is 21.1 Å². The standard InChI is InChI=1S/C9H17N2.ClH/c1-8-6-7-9(10(8)2)11(3,4)5;/h6-7H,1-5H3;1H/q+1;/p-1. The zero-order valence-electron chi connectivity index (χ0n) is 8.43. The molecule has 0 saturated heterocycles. The molecule has 1 heterocycles. The van der Waals surface area contributed by atoms with E-state index in [1.54, 1.807) is 0 Å². The minimum atomic E-state index is 0. The van der Waals surface area contributed by atoms with E-state index in [9.17, 15) is 0 Å². The fourth-order valence-corrected chi connectivity index (χ4v) is 1.27. The Labute approximate surface area is 80.8 Å². The third kappa shape index (κ3) is 2.02. The van der Waals surface area contributed by atoms with Gasteiger partial charge in [0.05, 0.1) is 21.1 Å². The molecule has 0 fully saturated rings. The number of halogens is 1. The number of hydrogen-bond acceptors (Lipinski definition) is 0. The van der Waals surface area contributed by atoms with Gasteiger partial charge in [-0.1, -0.05) is 0 Å². The highest BCUT2D eigenvalue weighted by molar-refractivity contribution is 5.37. The lowest BCUT2D eigenvalue weighted by atomic mass is 10.5. The van der Waals surface area contributed by atoms with Crippen LogP contribution in [0.15, 0.2) is 12.1 Å². The fraction of sp³-hybridized carbons (Fsp3) is 0.556. The maximum atomic E-state index is 2.22. The fourth-order valence-electron chi connectivity index (χ4n) is 1.27. The predicted octanol–water partition coefficient (Wildman–Crippen LogP) is -1.47. The summed E-state index contributed by atoms with van der Waals surface area (Å²) in [5, 5.41) is 0. The third-order valence-electron chi connectivity index (χ3n) is 2.03. The van der Waals surface area contributed by atoms with E-state index < -0.39 is 0 Å². The first-order valence-electron chi connectivity index (χ1n) is 3.87. The smallest absolute Gasteiger partial charge is 0.207 e. The van der Waals surface area contributed by atoms with E-state index in [-0.39, 0.29) is 12.4 Å². The number of quaternary nitrogens is 1. The van der Waals surface area contributed by atoms with Crippen LogP contribution < -0.4 is 16.9 Å². The maximum Gasteiger partial charge on any atom is 0.207 e. The van der Waals surface area contributed by atoms with Crippen LogP contribution in [0.4, 0.5) is 5.82 Å². The second-order valence-electron chi connectivity index (χ2n) is 3.90. The summed E-state index contributed by atoms with van der Waals surface area (Å²) in [5.41, 5.74) is 1.31. The molecule has 2 nitrogen and oxygen atoms in total. The minimum absolute atomic E-state index is 0. The van der Waals surface area contributed by atoms with E-state index in [4.69, 9.17) is 0 Å². The lowest BCUT2D eigenvalue weighted by Crippen LogP contribution is -3.00. The van der Waals surface area contributed by atoms with Crippen LogP contribution >= 0.6 is 0 Å². The van der Waals surface area contributed by atoms with Crippen LogP contribution in [0, 0.1) is 6.92 Å². The molecule has 3 heteroatoms. The van der Waals surface area contributed by atoms with Gasteiger partial charge in [-0.15, -0.1) is 0 Å². The molecule has 0 aromatic carbocycles. The molecule has 0 radical (unpaired) electrons. The summed E-state index contributed by atoms with van der Waals surface area (Å²) in [7, 11) is 8.63. The van der Waals surface area contributed by atoms with Gasteiger partial charge in [0.2, 0.25) is 5.82 Å². The van der Waals surface area contributed by atoms with Gasteiger partial charge in [0.15, 0.2) is 0 Å². The van der Waals surface area contributed by atoms with Crippen LogP contribution in [0.2, 0.25) is 0 Å². The second kappa shape index (κ2) is 3.50. The van der Waals surface area contributed by atoms with E-state index >= 15 is 0 Å². The molecule has 0 aliphatic rings. The van der Waals surface area contributed by atoms with Gasteiger partial charge >= 0.3 is 0 Å². The molecule has 70 valence electrons. The Morgan fingerprint density at radius 1 is 1.17 bits per heavy atom. The average Bonchev–Trinajstić information content (AvgIpc) is 2.11. The summed E-state index contributed by atoms with van der Waals surface area (Å²) in [6.45, 7) is 2.12. The van der Waals surface area contributed by atoms with Crippen molar-refractivity contribution >= 4 is 5.82 Å². The van der Waals surface area contributed by atoms with Gasteiger partial charge in [0.25, 0.3) is 0 Å². The van der Waals surface area contributed by atoms with Crippen LogP contribution in [0.3, 0.4) is 0 Å². The van der Waals surface area contributed by atoms with E-state index in [1.807, 2.05) is 0 Å². The molecule has 0 aliphatic carbocycles. The maximum absolute atomic E-state index is 2.22. The predicted molar refractivity (Wildman–Crippen MR) is 49.7 cm³/mol. The highest BCUT2D eigenvalue weighted by atomic mass is 35.5. The number of hydrogen-bond donors (Lipinski definition) is 0. The first-order chi connectivity index (χ1) is 4.93. The Morgan fingerprint density at radius 3 is 1.83 bits per heavy atom. The van der Waals surface area contributed by atoms with Gasteiger partial charge < -0.3 is 17.0 Å². The molecule has 1 aromatic rings. The average molecular weight is 189 g/mol. The molecule has 0 aliphatic heterocycles. The van der Waals surface area contributed by atoms with Crippen LogP contribution in [0.5, 0.6) is 0 Å². The van der Waals surface area contributed by atoms with Crippen molar-refractivity contribution in [3.63, 3.8) is 0 Å². The largest absolute Gasteiger partial charge is 1.00 e. The zero-order valence-corrected chi connectivity index (χ0v) is 9.18. The van der Waals surface area contributed by atoms with E-state index in [2.05, 4.69) is 51.8 Å². The molecule has 0 unspecified atom stereocenters. The zero-order chi connectivity index (χ0) is 8.65. The minimum Gasteiger partial charge on any atom is -1.00 e. The molecule has 0 bridgehead atoms. The van der Waals surface area contributed by atoms with Crippen LogP contribution in [0.1, 0.15) is 5.69 Å². The molecule has 0 saturated carbocycles. The highest BCUT2D eigenvalue weighted by Crippen LogP contribution is 2.18. The number of rotatable bonds is 1. The number of aromatic nitrogens is 1. The van der Waals surface area contributed by atoms with E-state index in [0.29, 0.717) is 0 Å². The highest BCUT2D eigenvalue weighted by Gasteiger charge is 2.16. The molecule has 0 spiro atoms. The van der Waals surface area contributed by atoms with Crippen LogP contribution in [0.25, 0.3) is 0 Å². The van der Waals surface area contributed by atoms with E-state index in [0.717, 1.165) is 4.48 Å². The Balaban J connectivity index is 0.00000121. The van der Waals surface area contributed by atoms with Gasteiger partial charge in [-0.2, -0.15) is 0 Å². The SMILES string of the molecule is Cc1ccc([N+](C)(C)C)n1C.[Cl-]. The van der Waals surface area contributed by atoms with Crippen molar-refractivity contribution in [2.45, 2.75) is 6.92 Å². The van der Waals surface area contributed by atoms with Gasteiger partial charge in [0.1, 0.15) is 0 Å². The first-order valence-corrected chi connectivity index (χ1v) is 3.87. The quantitative estimate of drug-likeness (QED) is 0.475. The van der Waals surface area contributed by atoms with Gasteiger partial charge in [0, 0.05) is 18.8 Å². The normalized spacial score (nSPS) is 11.1. The molecular weight excluding hydrogens is 172 g/mol. The van der Waals surface area contributed by atoms with Crippen LogP contribution in [-0.4, -0.2) is 25.7 Å². The molecular formula is C9H17ClN2. The summed E-state index contributed by atoms with van der Waals surface area (Å²) >= 11 is 0. The van der Waals surface area contributed by atoms with Crippen molar-refractivity contribution in [3.8, 4) is 0 Å². The summed E-state index contributed by atoms with van der Waals surface area (Å²) in [5.74, 6) is 1.34. The summed E-state index contributed by atoms with van der Waals surface area (Å²) in [4.78, 5) is 0. The Bertz CT molecular complexity index is 258. The molecule has 1 aromatic heterocycles. The van der Waals surface area contributed by atoms with Crippen molar-refractivity contribution < 1.29 is 12.4 Å². The molecule has 0 atom stereocenters. The summed E-state index contributed by atoms with van der Waals surface area (Å²) in [6.07, 6.45) is 0. The Kier molecular flexibility index (Phi) is 3.36. The third-order valence-corrected chi connectivity index (χ3v) is 2.03.